The van der Waals surface area contributed by atoms with Crippen LogP contribution in [0.4, 0.5) is 15.8 Å². The van der Waals surface area contributed by atoms with Gasteiger partial charge in [-0.05, 0) is 23.8 Å². The summed E-state index contributed by atoms with van der Waals surface area (Å²) in [7, 11) is 0. The van der Waals surface area contributed by atoms with E-state index in [1.165, 1.54) is 30.3 Å². The molecule has 0 unspecified atom stereocenters. The fraction of sp³-hybridized carbons (Fsp3) is 0.0769. The van der Waals surface area contributed by atoms with Gasteiger partial charge in [0.2, 0.25) is 5.82 Å². The summed E-state index contributed by atoms with van der Waals surface area (Å²) in [5, 5.41) is 21.0. The van der Waals surface area contributed by atoms with Crippen LogP contribution in [-0.2, 0) is 6.61 Å². The molecule has 0 N–H and O–H groups in total. The molecule has 0 aromatic heterocycles. The number of non-ortho nitro benzene ring substituents is 1. The molecule has 0 saturated carbocycles. The molecule has 0 spiro atoms. The lowest BCUT2D eigenvalue weighted by molar-refractivity contribution is -0.387. The molecule has 0 aliphatic heterocycles. The minimum absolute atomic E-state index is 0.0415. The second-order valence-electron chi connectivity index (χ2n) is 4.08. The van der Waals surface area contributed by atoms with Crippen molar-refractivity contribution in [2.24, 2.45) is 0 Å². The standard InChI is InChI=1S/C13H9FN2O5/c14-12-7-11(5-6-13(12)16(19)20)21-8-9-1-3-10(4-2-9)15(17)18/h1-7H,8H2. The van der Waals surface area contributed by atoms with Crippen LogP contribution in [0.1, 0.15) is 5.56 Å². The fourth-order valence-corrected chi connectivity index (χ4v) is 1.61. The molecule has 0 radical (unpaired) electrons. The third-order valence-corrected chi connectivity index (χ3v) is 2.67. The zero-order valence-corrected chi connectivity index (χ0v) is 10.6. The predicted molar refractivity (Wildman–Crippen MR) is 70.5 cm³/mol. The molecule has 8 heteroatoms. The number of benzene rings is 2. The number of nitro benzene ring substituents is 2. The highest BCUT2D eigenvalue weighted by Gasteiger charge is 2.14. The van der Waals surface area contributed by atoms with Gasteiger partial charge in [0, 0.05) is 24.3 Å². The predicted octanol–water partition coefficient (Wildman–Crippen LogP) is 3.22. The average Bonchev–Trinajstić information content (AvgIpc) is 2.45. The average molecular weight is 292 g/mol. The first-order valence-electron chi connectivity index (χ1n) is 5.77. The molecule has 108 valence electrons. The Morgan fingerprint density at radius 1 is 1.00 bits per heavy atom. The largest absolute Gasteiger partial charge is 0.489 e. The van der Waals surface area contributed by atoms with Crippen LogP contribution in [0.25, 0.3) is 0 Å². The number of nitrogens with zero attached hydrogens (tertiary/aromatic N) is 2. The number of nitro groups is 2. The van der Waals surface area contributed by atoms with Crippen molar-refractivity contribution in [3.05, 3.63) is 74.1 Å². The Balaban J connectivity index is 2.04. The second-order valence-corrected chi connectivity index (χ2v) is 4.08. The van der Waals surface area contributed by atoms with Gasteiger partial charge in [-0.1, -0.05) is 0 Å². The molecule has 2 aromatic rings. The van der Waals surface area contributed by atoms with Gasteiger partial charge in [-0.2, -0.15) is 4.39 Å². The zero-order valence-electron chi connectivity index (χ0n) is 10.6. The Morgan fingerprint density at radius 2 is 1.67 bits per heavy atom. The molecule has 7 nitrogen and oxygen atoms in total. The summed E-state index contributed by atoms with van der Waals surface area (Å²) in [5.41, 5.74) is -0.0165. The number of ether oxygens (including phenoxy) is 1. The van der Waals surface area contributed by atoms with E-state index in [-0.39, 0.29) is 18.0 Å². The van der Waals surface area contributed by atoms with Crippen molar-refractivity contribution in [3.63, 3.8) is 0 Å². The van der Waals surface area contributed by atoms with Gasteiger partial charge >= 0.3 is 5.69 Å². The van der Waals surface area contributed by atoms with Crippen LogP contribution in [-0.4, -0.2) is 9.85 Å². The lowest BCUT2D eigenvalue weighted by Gasteiger charge is -2.06. The lowest BCUT2D eigenvalue weighted by atomic mass is 10.2. The van der Waals surface area contributed by atoms with Gasteiger partial charge in [0.05, 0.1) is 9.85 Å². The number of halogens is 1. The van der Waals surface area contributed by atoms with Gasteiger partial charge in [-0.25, -0.2) is 0 Å². The zero-order chi connectivity index (χ0) is 15.4. The van der Waals surface area contributed by atoms with E-state index in [2.05, 4.69) is 0 Å². The maximum atomic E-state index is 13.4. The van der Waals surface area contributed by atoms with E-state index in [4.69, 9.17) is 4.74 Å². The molecule has 0 heterocycles. The van der Waals surface area contributed by atoms with E-state index < -0.39 is 21.4 Å². The van der Waals surface area contributed by atoms with Gasteiger partial charge in [0.15, 0.2) is 0 Å². The first-order valence-corrected chi connectivity index (χ1v) is 5.77. The van der Waals surface area contributed by atoms with Crippen molar-refractivity contribution < 1.29 is 19.0 Å². The van der Waals surface area contributed by atoms with Crippen LogP contribution in [0, 0.1) is 26.0 Å². The summed E-state index contributed by atoms with van der Waals surface area (Å²) in [6.45, 7) is 0.0647. The molecule has 2 aromatic carbocycles. The number of hydrogen-bond donors (Lipinski definition) is 0. The third kappa shape index (κ3) is 3.50. The Labute approximate surface area is 117 Å². The van der Waals surface area contributed by atoms with Crippen molar-refractivity contribution in [2.45, 2.75) is 6.61 Å². The van der Waals surface area contributed by atoms with E-state index in [0.29, 0.717) is 5.56 Å². The van der Waals surface area contributed by atoms with Gasteiger partial charge in [-0.15, -0.1) is 0 Å². The summed E-state index contributed by atoms with van der Waals surface area (Å²) in [5.74, 6) is -0.849. The quantitative estimate of drug-likeness (QED) is 0.622. The molecule has 0 amide bonds. The molecule has 0 saturated heterocycles. The Kier molecular flexibility index (Phi) is 4.07. The van der Waals surface area contributed by atoms with Crippen LogP contribution in [0.15, 0.2) is 42.5 Å². The second kappa shape index (κ2) is 5.95. The van der Waals surface area contributed by atoms with Crippen LogP contribution in [0.2, 0.25) is 0 Å². The summed E-state index contributed by atoms with van der Waals surface area (Å²) >= 11 is 0. The van der Waals surface area contributed by atoms with Gasteiger partial charge in [0.25, 0.3) is 5.69 Å². The van der Waals surface area contributed by atoms with Crippen molar-refractivity contribution in [1.82, 2.24) is 0 Å². The topological polar surface area (TPSA) is 95.5 Å². The monoisotopic (exact) mass is 292 g/mol. The molecule has 0 bridgehead atoms. The van der Waals surface area contributed by atoms with E-state index in [1.54, 1.807) is 0 Å². The maximum absolute atomic E-state index is 13.4. The highest BCUT2D eigenvalue weighted by molar-refractivity contribution is 5.38. The minimum atomic E-state index is -0.985. The molecule has 0 aliphatic rings. The summed E-state index contributed by atoms with van der Waals surface area (Å²) in [6, 6.07) is 8.90. The lowest BCUT2D eigenvalue weighted by Crippen LogP contribution is -1.98. The highest BCUT2D eigenvalue weighted by atomic mass is 19.1. The van der Waals surface area contributed by atoms with Crippen LogP contribution in [0.3, 0.4) is 0 Å². The van der Waals surface area contributed by atoms with E-state index in [9.17, 15) is 24.6 Å². The van der Waals surface area contributed by atoms with E-state index >= 15 is 0 Å². The first-order chi connectivity index (χ1) is 9.97. The van der Waals surface area contributed by atoms with Crippen molar-refractivity contribution in [2.75, 3.05) is 0 Å². The van der Waals surface area contributed by atoms with Gasteiger partial charge < -0.3 is 4.74 Å². The van der Waals surface area contributed by atoms with E-state index in [1.807, 2.05) is 0 Å². The van der Waals surface area contributed by atoms with Crippen molar-refractivity contribution in [3.8, 4) is 5.75 Å². The van der Waals surface area contributed by atoms with Crippen LogP contribution in [0.5, 0.6) is 5.75 Å². The molecule has 0 atom stereocenters. The third-order valence-electron chi connectivity index (χ3n) is 2.67. The molecular weight excluding hydrogens is 283 g/mol. The molecular formula is C13H9FN2O5. The smallest absolute Gasteiger partial charge is 0.305 e. The van der Waals surface area contributed by atoms with Crippen molar-refractivity contribution in [1.29, 1.82) is 0 Å². The summed E-state index contributed by atoms with van der Waals surface area (Å²) < 4.78 is 18.6. The normalized spacial score (nSPS) is 10.1. The van der Waals surface area contributed by atoms with Gasteiger partial charge in [0.1, 0.15) is 12.4 Å². The maximum Gasteiger partial charge on any atom is 0.305 e. The van der Waals surface area contributed by atoms with Crippen LogP contribution < -0.4 is 4.74 Å². The molecule has 2 rings (SSSR count). The first kappa shape index (κ1) is 14.4. The van der Waals surface area contributed by atoms with E-state index in [0.717, 1.165) is 12.1 Å². The molecule has 0 fully saturated rings. The Hall–Kier alpha value is -3.03. The number of hydrogen-bond acceptors (Lipinski definition) is 5. The minimum Gasteiger partial charge on any atom is -0.489 e. The summed E-state index contributed by atoms with van der Waals surface area (Å²) in [4.78, 5) is 19.6. The van der Waals surface area contributed by atoms with Gasteiger partial charge in [-0.3, -0.25) is 20.2 Å². The Bertz CT molecular complexity index is 687. The molecule has 0 aliphatic carbocycles. The molecule has 21 heavy (non-hydrogen) atoms. The van der Waals surface area contributed by atoms with Crippen LogP contribution >= 0.6 is 0 Å². The number of rotatable bonds is 5. The Morgan fingerprint density at radius 3 is 2.19 bits per heavy atom. The van der Waals surface area contributed by atoms with Crippen molar-refractivity contribution >= 4 is 11.4 Å². The highest BCUT2D eigenvalue weighted by Crippen LogP contribution is 2.23. The fourth-order valence-electron chi connectivity index (χ4n) is 1.61. The summed E-state index contributed by atoms with van der Waals surface area (Å²) in [6.07, 6.45) is 0. The SMILES string of the molecule is O=[N+]([O-])c1ccc(COc2ccc([N+](=O)[O-])c(F)c2)cc1.